The Bertz CT molecular complexity index is 274. The fraction of sp³-hybridized carbons (Fsp3) is 0.778. The number of aliphatic hydroxyl groups is 1. The van der Waals surface area contributed by atoms with Crippen LogP contribution in [0.15, 0.2) is 0 Å². The Morgan fingerprint density at radius 1 is 1.19 bits per heavy atom. The average molecular weight is 231 g/mol. The number of aliphatic hydroxyl groups excluding tert-OH is 1. The smallest absolute Gasteiger partial charge is 0.407 e. The molecule has 0 bridgehead atoms. The van der Waals surface area contributed by atoms with E-state index in [1.165, 1.54) is 16.7 Å². The first-order valence-electron chi connectivity index (χ1n) is 5.13. The van der Waals surface area contributed by atoms with Crippen molar-refractivity contribution < 1.29 is 19.8 Å². The fourth-order valence-electron chi connectivity index (χ4n) is 1.54. The number of nitrogens with two attached hydrogens (primary N) is 1. The molecule has 0 aromatic rings. The van der Waals surface area contributed by atoms with Crippen LogP contribution in [-0.4, -0.2) is 70.3 Å². The molecule has 0 spiro atoms. The molecule has 0 unspecified atom stereocenters. The molecule has 1 saturated heterocycles. The summed E-state index contributed by atoms with van der Waals surface area (Å²) in [5, 5.41) is 17.9. The summed E-state index contributed by atoms with van der Waals surface area (Å²) in [5.41, 5.74) is 5.51. The van der Waals surface area contributed by atoms with Gasteiger partial charge in [0, 0.05) is 26.2 Å². The lowest BCUT2D eigenvalue weighted by atomic mass is 10.1. The Hall–Kier alpha value is -1.34. The van der Waals surface area contributed by atoms with Crippen molar-refractivity contribution in [1.29, 1.82) is 0 Å². The molecule has 7 nitrogen and oxygen atoms in total. The summed E-state index contributed by atoms with van der Waals surface area (Å²) in [6.45, 7) is 2.67. The Morgan fingerprint density at radius 2 is 1.62 bits per heavy atom. The molecular formula is C9H17N3O4. The molecule has 0 saturated carbocycles. The van der Waals surface area contributed by atoms with Gasteiger partial charge in [0.05, 0.1) is 6.10 Å². The van der Waals surface area contributed by atoms with E-state index in [1.807, 2.05) is 0 Å². The van der Waals surface area contributed by atoms with Crippen LogP contribution >= 0.6 is 0 Å². The van der Waals surface area contributed by atoms with Crippen LogP contribution < -0.4 is 5.73 Å². The van der Waals surface area contributed by atoms with Crippen LogP contribution in [0.25, 0.3) is 0 Å². The molecule has 0 aromatic carbocycles. The van der Waals surface area contributed by atoms with Crippen molar-refractivity contribution in [3.63, 3.8) is 0 Å². The second-order valence-electron chi connectivity index (χ2n) is 3.86. The van der Waals surface area contributed by atoms with Crippen molar-refractivity contribution in [2.24, 2.45) is 5.73 Å². The standard InChI is InChI=1S/C9H17N3O4/c1-6(13)7(10)8(14)11-2-4-12(5-3-11)9(15)16/h6-7,13H,2-5,10H2,1H3,(H,15,16)/t6-,7+/m1/s1. The minimum absolute atomic E-state index is 0.285. The Labute approximate surface area is 93.4 Å². The fourth-order valence-corrected chi connectivity index (χ4v) is 1.54. The van der Waals surface area contributed by atoms with Crippen LogP contribution in [0.4, 0.5) is 4.79 Å². The quantitative estimate of drug-likeness (QED) is 0.537. The normalized spacial score (nSPS) is 20.4. The third-order valence-electron chi connectivity index (χ3n) is 2.67. The van der Waals surface area contributed by atoms with E-state index in [2.05, 4.69) is 0 Å². The van der Waals surface area contributed by atoms with Crippen molar-refractivity contribution in [3.05, 3.63) is 0 Å². The largest absolute Gasteiger partial charge is 0.465 e. The molecule has 0 aromatic heterocycles. The Morgan fingerprint density at radius 3 is 2.00 bits per heavy atom. The summed E-state index contributed by atoms with van der Waals surface area (Å²) in [7, 11) is 0. The summed E-state index contributed by atoms with van der Waals surface area (Å²) in [4.78, 5) is 25.1. The lowest BCUT2D eigenvalue weighted by Gasteiger charge is -2.34. The van der Waals surface area contributed by atoms with Crippen LogP contribution in [0, 0.1) is 0 Å². The molecule has 1 aliphatic heterocycles. The van der Waals surface area contributed by atoms with Gasteiger partial charge in [-0.1, -0.05) is 0 Å². The first-order valence-corrected chi connectivity index (χ1v) is 5.13. The third kappa shape index (κ3) is 2.83. The molecule has 1 aliphatic rings. The number of hydrogen-bond acceptors (Lipinski definition) is 4. The van der Waals surface area contributed by atoms with E-state index in [0.29, 0.717) is 13.1 Å². The number of carboxylic acid groups (broad SMARTS) is 1. The molecule has 1 fully saturated rings. The summed E-state index contributed by atoms with van der Waals surface area (Å²) >= 11 is 0. The number of nitrogens with zero attached hydrogens (tertiary/aromatic N) is 2. The van der Waals surface area contributed by atoms with Crippen LogP contribution in [-0.2, 0) is 4.79 Å². The highest BCUT2D eigenvalue weighted by Crippen LogP contribution is 2.05. The van der Waals surface area contributed by atoms with Crippen molar-refractivity contribution in [2.75, 3.05) is 26.2 Å². The maximum absolute atomic E-state index is 11.7. The third-order valence-corrected chi connectivity index (χ3v) is 2.67. The molecule has 0 radical (unpaired) electrons. The van der Waals surface area contributed by atoms with E-state index in [4.69, 9.17) is 10.8 Å². The highest BCUT2D eigenvalue weighted by molar-refractivity contribution is 5.82. The van der Waals surface area contributed by atoms with Crippen LogP contribution in [0.3, 0.4) is 0 Å². The van der Waals surface area contributed by atoms with Crippen molar-refractivity contribution in [3.8, 4) is 0 Å². The van der Waals surface area contributed by atoms with Gasteiger partial charge in [-0.3, -0.25) is 4.79 Å². The van der Waals surface area contributed by atoms with Gasteiger partial charge >= 0.3 is 6.09 Å². The lowest BCUT2D eigenvalue weighted by molar-refractivity contribution is -0.136. The number of carbonyl (C=O) groups is 2. The van der Waals surface area contributed by atoms with E-state index in [0.717, 1.165) is 0 Å². The van der Waals surface area contributed by atoms with Gasteiger partial charge in [0.25, 0.3) is 0 Å². The molecular weight excluding hydrogens is 214 g/mol. The van der Waals surface area contributed by atoms with Gasteiger partial charge in [-0.15, -0.1) is 0 Å². The zero-order chi connectivity index (χ0) is 12.3. The highest BCUT2D eigenvalue weighted by Gasteiger charge is 2.28. The number of amides is 2. The van der Waals surface area contributed by atoms with E-state index >= 15 is 0 Å². The predicted molar refractivity (Wildman–Crippen MR) is 55.8 cm³/mol. The van der Waals surface area contributed by atoms with E-state index in [-0.39, 0.29) is 19.0 Å². The van der Waals surface area contributed by atoms with Gasteiger partial charge < -0.3 is 25.7 Å². The number of piperazine rings is 1. The minimum atomic E-state index is -0.980. The second kappa shape index (κ2) is 5.13. The van der Waals surface area contributed by atoms with Gasteiger partial charge in [-0.05, 0) is 6.92 Å². The molecule has 0 aliphatic carbocycles. The number of carbonyl (C=O) groups excluding carboxylic acids is 1. The molecule has 92 valence electrons. The first-order chi connectivity index (χ1) is 7.43. The van der Waals surface area contributed by atoms with Gasteiger partial charge in [-0.25, -0.2) is 4.79 Å². The van der Waals surface area contributed by atoms with Crippen LogP contribution in [0.1, 0.15) is 6.92 Å². The molecule has 2 atom stereocenters. The maximum Gasteiger partial charge on any atom is 0.407 e. The van der Waals surface area contributed by atoms with Crippen LogP contribution in [0.2, 0.25) is 0 Å². The zero-order valence-corrected chi connectivity index (χ0v) is 9.17. The summed E-state index contributed by atoms with van der Waals surface area (Å²) in [5.74, 6) is -0.333. The van der Waals surface area contributed by atoms with Gasteiger partial charge in [0.15, 0.2) is 0 Å². The monoisotopic (exact) mass is 231 g/mol. The molecule has 2 amide bonds. The molecule has 4 N–H and O–H groups in total. The summed E-state index contributed by atoms with van der Waals surface area (Å²) in [6.07, 6.45) is -1.88. The number of hydrogen-bond donors (Lipinski definition) is 3. The SMILES string of the molecule is C[C@@H](O)[C@H](N)C(=O)N1CCN(C(=O)O)CC1. The van der Waals surface area contributed by atoms with Crippen molar-refractivity contribution >= 4 is 12.0 Å². The molecule has 7 heteroatoms. The van der Waals surface area contributed by atoms with Crippen LogP contribution in [0.5, 0.6) is 0 Å². The summed E-state index contributed by atoms with van der Waals surface area (Å²) in [6, 6.07) is -0.934. The van der Waals surface area contributed by atoms with Gasteiger partial charge in [0.2, 0.25) is 5.91 Å². The lowest BCUT2D eigenvalue weighted by Crippen LogP contribution is -2.56. The Kier molecular flexibility index (Phi) is 4.08. The predicted octanol–water partition coefficient (Wildman–Crippen LogP) is -1.48. The topological polar surface area (TPSA) is 107 Å². The van der Waals surface area contributed by atoms with E-state index in [9.17, 15) is 14.7 Å². The second-order valence-corrected chi connectivity index (χ2v) is 3.86. The molecule has 16 heavy (non-hydrogen) atoms. The molecule has 1 rings (SSSR count). The maximum atomic E-state index is 11.7. The van der Waals surface area contributed by atoms with Gasteiger partial charge in [-0.2, -0.15) is 0 Å². The average Bonchev–Trinajstić information content (AvgIpc) is 2.27. The Balaban J connectivity index is 2.47. The van der Waals surface area contributed by atoms with Gasteiger partial charge in [0.1, 0.15) is 6.04 Å². The number of rotatable bonds is 2. The zero-order valence-electron chi connectivity index (χ0n) is 9.17. The van der Waals surface area contributed by atoms with Crippen molar-refractivity contribution in [1.82, 2.24) is 9.80 Å². The minimum Gasteiger partial charge on any atom is -0.465 e. The molecule has 1 heterocycles. The first kappa shape index (κ1) is 12.7. The van der Waals surface area contributed by atoms with E-state index in [1.54, 1.807) is 0 Å². The van der Waals surface area contributed by atoms with Crippen molar-refractivity contribution in [2.45, 2.75) is 19.1 Å². The highest BCUT2D eigenvalue weighted by atomic mass is 16.4. The summed E-state index contributed by atoms with van der Waals surface area (Å²) < 4.78 is 0. The van der Waals surface area contributed by atoms with E-state index < -0.39 is 18.2 Å².